The van der Waals surface area contributed by atoms with Crippen molar-refractivity contribution in [2.24, 2.45) is 11.3 Å². The van der Waals surface area contributed by atoms with Crippen molar-refractivity contribution >= 4 is 11.8 Å². The van der Waals surface area contributed by atoms with Crippen LogP contribution in [0.3, 0.4) is 0 Å². The average Bonchev–Trinajstić information content (AvgIpc) is 2.27. The Kier molecular flexibility index (Phi) is 4.05. The van der Waals surface area contributed by atoms with E-state index in [1.807, 2.05) is 13.8 Å². The third-order valence-corrected chi connectivity index (χ3v) is 4.02. The molecule has 18 heavy (non-hydrogen) atoms. The summed E-state index contributed by atoms with van der Waals surface area (Å²) in [6, 6.07) is 0. The summed E-state index contributed by atoms with van der Waals surface area (Å²) in [5, 5.41) is 3.37. The first kappa shape index (κ1) is 13.5. The number of hydrogen-bond donors (Lipinski definition) is 1. The van der Waals surface area contributed by atoms with E-state index >= 15 is 0 Å². The molecule has 0 radical (unpaired) electrons. The van der Waals surface area contributed by atoms with Gasteiger partial charge in [0.1, 0.15) is 0 Å². The highest BCUT2D eigenvalue weighted by molar-refractivity contribution is 5.98. The van der Waals surface area contributed by atoms with Crippen molar-refractivity contribution in [1.82, 2.24) is 10.2 Å². The predicted octanol–water partition coefficient (Wildman–Crippen LogP) is 1.55. The van der Waals surface area contributed by atoms with Crippen LogP contribution in [-0.2, 0) is 9.59 Å². The van der Waals surface area contributed by atoms with E-state index in [2.05, 4.69) is 5.32 Å². The number of imide groups is 1. The number of nitrogens with one attached hydrogen (secondary N) is 1. The Balaban J connectivity index is 1.85. The highest BCUT2D eigenvalue weighted by atomic mass is 16.2. The Morgan fingerprint density at radius 1 is 1.28 bits per heavy atom. The number of hydrogen-bond acceptors (Lipinski definition) is 3. The molecule has 0 aromatic heterocycles. The van der Waals surface area contributed by atoms with Crippen molar-refractivity contribution in [2.45, 2.75) is 46.0 Å². The smallest absolute Gasteiger partial charge is 0.229 e. The lowest BCUT2D eigenvalue weighted by Crippen LogP contribution is -2.47. The highest BCUT2D eigenvalue weighted by Crippen LogP contribution is 2.31. The van der Waals surface area contributed by atoms with E-state index in [4.69, 9.17) is 0 Å². The molecule has 2 fully saturated rings. The Labute approximate surface area is 109 Å². The number of carbonyl (C=O) groups excluding carboxylic acids is 2. The van der Waals surface area contributed by atoms with Gasteiger partial charge in [0.25, 0.3) is 0 Å². The molecular weight excluding hydrogens is 228 g/mol. The van der Waals surface area contributed by atoms with Crippen molar-refractivity contribution < 1.29 is 9.59 Å². The normalized spacial score (nSPS) is 28.6. The van der Waals surface area contributed by atoms with Gasteiger partial charge in [-0.1, -0.05) is 13.8 Å². The summed E-state index contributed by atoms with van der Waals surface area (Å²) < 4.78 is 0. The molecule has 2 aliphatic rings. The zero-order chi connectivity index (χ0) is 13.2. The molecule has 0 saturated carbocycles. The first-order valence-corrected chi connectivity index (χ1v) is 7.02. The summed E-state index contributed by atoms with van der Waals surface area (Å²) in [4.78, 5) is 25.5. The first-order chi connectivity index (χ1) is 8.48. The predicted molar refractivity (Wildman–Crippen MR) is 69.9 cm³/mol. The van der Waals surface area contributed by atoms with Crippen LogP contribution in [0.15, 0.2) is 0 Å². The number of rotatable bonds is 3. The fraction of sp³-hybridized carbons (Fsp3) is 0.857. The minimum absolute atomic E-state index is 0.0139. The number of likely N-dealkylation sites (tertiary alicyclic amines) is 1. The molecule has 0 spiro atoms. The fourth-order valence-electron chi connectivity index (χ4n) is 2.94. The van der Waals surface area contributed by atoms with Crippen LogP contribution in [0.4, 0.5) is 0 Å². The lowest BCUT2D eigenvalue weighted by Gasteiger charge is -2.35. The fourth-order valence-corrected chi connectivity index (χ4v) is 2.94. The molecule has 1 N–H and O–H groups in total. The second-order valence-corrected chi connectivity index (χ2v) is 6.46. The highest BCUT2D eigenvalue weighted by Gasteiger charge is 2.37. The monoisotopic (exact) mass is 252 g/mol. The molecule has 0 aromatic rings. The van der Waals surface area contributed by atoms with Crippen LogP contribution in [0.25, 0.3) is 0 Å². The van der Waals surface area contributed by atoms with Crippen LogP contribution in [0, 0.1) is 11.3 Å². The topological polar surface area (TPSA) is 49.4 Å². The molecular formula is C14H24N2O2. The minimum atomic E-state index is -0.156. The molecule has 0 aliphatic carbocycles. The van der Waals surface area contributed by atoms with E-state index in [0.29, 0.717) is 25.3 Å². The van der Waals surface area contributed by atoms with Crippen molar-refractivity contribution in [1.29, 1.82) is 0 Å². The van der Waals surface area contributed by atoms with Crippen LogP contribution >= 0.6 is 0 Å². The average molecular weight is 252 g/mol. The van der Waals surface area contributed by atoms with Crippen LogP contribution in [0.5, 0.6) is 0 Å². The SMILES string of the molecule is CC1(C)CC(=O)N(CCC2CCCNC2)C(=O)C1. The van der Waals surface area contributed by atoms with Gasteiger partial charge in [-0.15, -0.1) is 0 Å². The molecule has 102 valence electrons. The first-order valence-electron chi connectivity index (χ1n) is 7.02. The van der Waals surface area contributed by atoms with Gasteiger partial charge in [0.05, 0.1) is 0 Å². The van der Waals surface area contributed by atoms with Gasteiger partial charge in [-0.2, -0.15) is 0 Å². The quantitative estimate of drug-likeness (QED) is 0.775. The Bertz CT molecular complexity index is 313. The maximum absolute atomic E-state index is 12.0. The van der Waals surface area contributed by atoms with Gasteiger partial charge < -0.3 is 5.32 Å². The summed E-state index contributed by atoms with van der Waals surface area (Å²) in [6.07, 6.45) is 4.38. The summed E-state index contributed by atoms with van der Waals surface area (Å²) in [5.41, 5.74) is -0.156. The van der Waals surface area contributed by atoms with Crippen LogP contribution in [0.2, 0.25) is 0 Å². The summed E-state index contributed by atoms with van der Waals surface area (Å²) in [5.74, 6) is 0.648. The van der Waals surface area contributed by atoms with E-state index in [9.17, 15) is 9.59 Å². The maximum atomic E-state index is 12.0. The van der Waals surface area contributed by atoms with Gasteiger partial charge in [0.15, 0.2) is 0 Å². The lowest BCUT2D eigenvalue weighted by atomic mass is 9.81. The van der Waals surface area contributed by atoms with Crippen LogP contribution < -0.4 is 5.32 Å². The molecule has 1 unspecified atom stereocenters. The molecule has 2 rings (SSSR count). The zero-order valence-electron chi connectivity index (χ0n) is 11.5. The van der Waals surface area contributed by atoms with Gasteiger partial charge in [0, 0.05) is 19.4 Å². The number of nitrogens with zero attached hydrogens (tertiary/aromatic N) is 1. The van der Waals surface area contributed by atoms with Gasteiger partial charge in [-0.3, -0.25) is 14.5 Å². The van der Waals surface area contributed by atoms with Crippen LogP contribution in [0.1, 0.15) is 46.0 Å². The van der Waals surface area contributed by atoms with Crippen LogP contribution in [-0.4, -0.2) is 36.3 Å². The molecule has 1 atom stereocenters. The van der Waals surface area contributed by atoms with Crippen molar-refractivity contribution in [3.05, 3.63) is 0 Å². The molecule has 0 aromatic carbocycles. The summed E-state index contributed by atoms with van der Waals surface area (Å²) in [6.45, 7) is 6.73. The van der Waals surface area contributed by atoms with Crippen molar-refractivity contribution in [3.8, 4) is 0 Å². The second-order valence-electron chi connectivity index (χ2n) is 6.46. The second kappa shape index (κ2) is 5.39. The Morgan fingerprint density at radius 2 is 1.94 bits per heavy atom. The molecule has 2 saturated heterocycles. The molecule has 2 amide bonds. The summed E-state index contributed by atoms with van der Waals surface area (Å²) in [7, 11) is 0. The molecule has 4 heteroatoms. The Morgan fingerprint density at radius 3 is 2.50 bits per heavy atom. The standard InChI is InChI=1S/C14H24N2O2/c1-14(2)8-12(17)16(13(18)9-14)7-5-11-4-3-6-15-10-11/h11,15H,3-10H2,1-2H3. The maximum Gasteiger partial charge on any atom is 0.229 e. The van der Waals surface area contributed by atoms with Crippen molar-refractivity contribution in [3.63, 3.8) is 0 Å². The third kappa shape index (κ3) is 3.31. The summed E-state index contributed by atoms with van der Waals surface area (Å²) >= 11 is 0. The molecule has 4 nitrogen and oxygen atoms in total. The number of piperidine rings is 2. The van der Waals surface area contributed by atoms with E-state index in [1.165, 1.54) is 17.7 Å². The third-order valence-electron chi connectivity index (χ3n) is 4.02. The van der Waals surface area contributed by atoms with Gasteiger partial charge in [-0.05, 0) is 43.7 Å². The van der Waals surface area contributed by atoms with E-state index < -0.39 is 0 Å². The van der Waals surface area contributed by atoms with Gasteiger partial charge in [-0.25, -0.2) is 0 Å². The number of carbonyl (C=O) groups is 2. The zero-order valence-corrected chi connectivity index (χ0v) is 11.5. The largest absolute Gasteiger partial charge is 0.316 e. The Hall–Kier alpha value is -0.900. The number of amides is 2. The van der Waals surface area contributed by atoms with E-state index in [1.54, 1.807) is 0 Å². The minimum Gasteiger partial charge on any atom is -0.316 e. The van der Waals surface area contributed by atoms with E-state index in [0.717, 1.165) is 19.5 Å². The molecule has 2 aliphatic heterocycles. The van der Waals surface area contributed by atoms with Crippen molar-refractivity contribution in [2.75, 3.05) is 19.6 Å². The molecule has 2 heterocycles. The van der Waals surface area contributed by atoms with E-state index in [-0.39, 0.29) is 17.2 Å². The molecule has 0 bridgehead atoms. The lowest BCUT2D eigenvalue weighted by molar-refractivity contribution is -0.152. The van der Waals surface area contributed by atoms with Gasteiger partial charge in [0.2, 0.25) is 11.8 Å². The van der Waals surface area contributed by atoms with Gasteiger partial charge >= 0.3 is 0 Å².